The van der Waals surface area contributed by atoms with Gasteiger partial charge in [-0.1, -0.05) is 11.6 Å². The zero-order valence-electron chi connectivity index (χ0n) is 21.0. The standard InChI is InChI=1S/C26H28ClFN4O5/c1-5-35-23(33)12-18(32-25(34)37-26(2,3)4)11-19-14-29-15-22(31-19)16-6-8-20(9-7-16)36-24-21(28)10-17(27)13-30-24/h6-10,13-15,18H,5,11-12H2,1-4H3,(H,32,34). The van der Waals surface area contributed by atoms with Crippen LogP contribution in [-0.4, -0.2) is 45.3 Å². The Morgan fingerprint density at radius 1 is 1.14 bits per heavy atom. The van der Waals surface area contributed by atoms with Crippen molar-refractivity contribution in [3.63, 3.8) is 0 Å². The Bertz CT molecular complexity index is 1230. The Labute approximate surface area is 219 Å². The summed E-state index contributed by atoms with van der Waals surface area (Å²) in [6.45, 7) is 7.19. The van der Waals surface area contributed by atoms with Gasteiger partial charge >= 0.3 is 12.1 Å². The van der Waals surface area contributed by atoms with Crippen molar-refractivity contribution in [2.24, 2.45) is 0 Å². The largest absolute Gasteiger partial charge is 0.466 e. The van der Waals surface area contributed by atoms with Crippen molar-refractivity contribution in [3.8, 4) is 22.9 Å². The maximum absolute atomic E-state index is 14.0. The van der Waals surface area contributed by atoms with Crippen LogP contribution < -0.4 is 10.1 Å². The van der Waals surface area contributed by atoms with Crippen LogP contribution in [0.3, 0.4) is 0 Å². The monoisotopic (exact) mass is 530 g/mol. The second kappa shape index (κ2) is 12.4. The molecular formula is C26H28ClFN4O5. The highest BCUT2D eigenvalue weighted by atomic mass is 35.5. The number of halogens is 2. The third-order valence-electron chi connectivity index (χ3n) is 4.72. The van der Waals surface area contributed by atoms with Crippen molar-refractivity contribution < 1.29 is 28.2 Å². The number of pyridine rings is 1. The van der Waals surface area contributed by atoms with Gasteiger partial charge in [0.15, 0.2) is 5.82 Å². The first-order valence-corrected chi connectivity index (χ1v) is 12.0. The first-order chi connectivity index (χ1) is 17.5. The van der Waals surface area contributed by atoms with E-state index in [9.17, 15) is 14.0 Å². The van der Waals surface area contributed by atoms with E-state index in [1.54, 1.807) is 64.4 Å². The Balaban J connectivity index is 1.73. The molecule has 196 valence electrons. The molecule has 2 heterocycles. The second-order valence-electron chi connectivity index (χ2n) is 9.02. The van der Waals surface area contributed by atoms with Gasteiger partial charge < -0.3 is 19.5 Å². The molecular weight excluding hydrogens is 503 g/mol. The lowest BCUT2D eigenvalue weighted by atomic mass is 10.1. The van der Waals surface area contributed by atoms with Crippen LogP contribution in [0.4, 0.5) is 9.18 Å². The molecule has 0 aliphatic rings. The van der Waals surface area contributed by atoms with Crippen LogP contribution in [0.2, 0.25) is 5.02 Å². The molecule has 1 atom stereocenters. The fourth-order valence-electron chi connectivity index (χ4n) is 3.25. The summed E-state index contributed by atoms with van der Waals surface area (Å²) in [5.41, 5.74) is 1.15. The van der Waals surface area contributed by atoms with E-state index in [4.69, 9.17) is 25.8 Å². The molecule has 11 heteroatoms. The van der Waals surface area contributed by atoms with Crippen LogP contribution in [0.5, 0.6) is 11.6 Å². The molecule has 0 radical (unpaired) electrons. The summed E-state index contributed by atoms with van der Waals surface area (Å²) in [6.07, 6.45) is 3.96. The predicted molar refractivity (Wildman–Crippen MR) is 135 cm³/mol. The van der Waals surface area contributed by atoms with Crippen molar-refractivity contribution in [1.29, 1.82) is 0 Å². The SMILES string of the molecule is CCOC(=O)CC(Cc1cncc(-c2ccc(Oc3ncc(Cl)cc3F)cc2)n1)NC(=O)OC(C)(C)C. The normalized spacial score (nSPS) is 11.9. The number of nitrogens with one attached hydrogen (secondary N) is 1. The Morgan fingerprint density at radius 3 is 2.51 bits per heavy atom. The van der Waals surface area contributed by atoms with Crippen molar-refractivity contribution in [1.82, 2.24) is 20.3 Å². The fourth-order valence-corrected chi connectivity index (χ4v) is 3.39. The highest BCUT2D eigenvalue weighted by Gasteiger charge is 2.23. The van der Waals surface area contributed by atoms with E-state index in [-0.39, 0.29) is 30.4 Å². The number of nitrogens with zero attached hydrogens (tertiary/aromatic N) is 3. The quantitative estimate of drug-likeness (QED) is 0.360. The molecule has 0 saturated heterocycles. The molecule has 0 fully saturated rings. The minimum absolute atomic E-state index is 0.0552. The highest BCUT2D eigenvalue weighted by molar-refractivity contribution is 6.30. The molecule has 0 aliphatic heterocycles. The molecule has 0 aliphatic carbocycles. The summed E-state index contributed by atoms with van der Waals surface area (Å²) >= 11 is 5.72. The van der Waals surface area contributed by atoms with E-state index in [0.717, 1.165) is 11.6 Å². The summed E-state index contributed by atoms with van der Waals surface area (Å²) in [7, 11) is 0. The zero-order valence-corrected chi connectivity index (χ0v) is 21.7. The molecule has 1 N–H and O–H groups in total. The molecule has 37 heavy (non-hydrogen) atoms. The van der Waals surface area contributed by atoms with Gasteiger partial charge in [0.05, 0.1) is 35.6 Å². The van der Waals surface area contributed by atoms with Gasteiger partial charge in [-0.2, -0.15) is 0 Å². The minimum Gasteiger partial charge on any atom is -0.466 e. The average molecular weight is 531 g/mol. The number of hydrogen-bond donors (Lipinski definition) is 1. The molecule has 9 nitrogen and oxygen atoms in total. The van der Waals surface area contributed by atoms with Gasteiger partial charge in [0.25, 0.3) is 5.88 Å². The smallest absolute Gasteiger partial charge is 0.407 e. The van der Waals surface area contributed by atoms with E-state index in [1.165, 1.54) is 6.20 Å². The van der Waals surface area contributed by atoms with Gasteiger partial charge in [0.1, 0.15) is 11.4 Å². The lowest BCUT2D eigenvalue weighted by Crippen LogP contribution is -2.41. The maximum Gasteiger partial charge on any atom is 0.407 e. The van der Waals surface area contributed by atoms with Crippen LogP contribution in [0.25, 0.3) is 11.3 Å². The molecule has 3 aromatic rings. The molecule has 1 aromatic carbocycles. The Kier molecular flexibility index (Phi) is 9.35. The van der Waals surface area contributed by atoms with E-state index in [2.05, 4.69) is 20.3 Å². The van der Waals surface area contributed by atoms with Crippen LogP contribution >= 0.6 is 11.6 Å². The summed E-state index contributed by atoms with van der Waals surface area (Å²) in [5.74, 6) is -0.941. The van der Waals surface area contributed by atoms with Gasteiger partial charge in [0.2, 0.25) is 0 Å². The lowest BCUT2D eigenvalue weighted by Gasteiger charge is -2.23. The molecule has 1 amide bonds. The number of benzene rings is 1. The number of hydrogen-bond acceptors (Lipinski definition) is 8. The number of alkyl carbamates (subject to hydrolysis) is 1. The first-order valence-electron chi connectivity index (χ1n) is 11.6. The summed E-state index contributed by atoms with van der Waals surface area (Å²) in [5, 5.41) is 2.89. The van der Waals surface area contributed by atoms with Gasteiger partial charge in [0, 0.05) is 30.4 Å². The predicted octanol–water partition coefficient (Wildman–Crippen LogP) is 5.51. The number of amides is 1. The molecule has 2 aromatic heterocycles. The number of aromatic nitrogens is 3. The lowest BCUT2D eigenvalue weighted by molar-refractivity contribution is -0.143. The molecule has 0 saturated carbocycles. The topological polar surface area (TPSA) is 113 Å². The molecule has 0 spiro atoms. The average Bonchev–Trinajstić information content (AvgIpc) is 2.80. The Hall–Kier alpha value is -3.79. The van der Waals surface area contributed by atoms with Gasteiger partial charge in [-0.15, -0.1) is 0 Å². The minimum atomic E-state index is -0.691. The van der Waals surface area contributed by atoms with Crippen molar-refractivity contribution in [3.05, 3.63) is 65.5 Å². The first kappa shape index (κ1) is 27.8. The number of carbonyl (C=O) groups is 2. The summed E-state index contributed by atoms with van der Waals surface area (Å²) < 4.78 is 29.8. The number of rotatable bonds is 9. The van der Waals surface area contributed by atoms with Crippen LogP contribution in [0, 0.1) is 5.82 Å². The zero-order chi connectivity index (χ0) is 27.0. The number of carbonyl (C=O) groups excluding carboxylic acids is 2. The van der Waals surface area contributed by atoms with Crippen LogP contribution in [-0.2, 0) is 20.7 Å². The van der Waals surface area contributed by atoms with Gasteiger partial charge in [-0.05, 0) is 58.0 Å². The molecule has 1 unspecified atom stereocenters. The van der Waals surface area contributed by atoms with E-state index in [1.807, 2.05) is 0 Å². The van der Waals surface area contributed by atoms with Crippen molar-refractivity contribution in [2.75, 3.05) is 6.61 Å². The number of ether oxygens (including phenoxy) is 3. The third-order valence-corrected chi connectivity index (χ3v) is 4.92. The van der Waals surface area contributed by atoms with Crippen LogP contribution in [0.1, 0.15) is 39.8 Å². The van der Waals surface area contributed by atoms with E-state index in [0.29, 0.717) is 17.1 Å². The fraction of sp³-hybridized carbons (Fsp3) is 0.346. The summed E-state index contributed by atoms with van der Waals surface area (Å²) in [6, 6.07) is 7.28. The highest BCUT2D eigenvalue weighted by Crippen LogP contribution is 2.26. The second-order valence-corrected chi connectivity index (χ2v) is 9.46. The molecule has 3 rings (SSSR count). The van der Waals surface area contributed by atoms with Crippen LogP contribution in [0.15, 0.2) is 48.9 Å². The third kappa shape index (κ3) is 8.98. The molecule has 0 bridgehead atoms. The van der Waals surface area contributed by atoms with Gasteiger partial charge in [-0.25, -0.2) is 19.2 Å². The van der Waals surface area contributed by atoms with E-state index >= 15 is 0 Å². The Morgan fingerprint density at radius 2 is 1.86 bits per heavy atom. The van der Waals surface area contributed by atoms with E-state index < -0.39 is 29.5 Å². The van der Waals surface area contributed by atoms with Crippen molar-refractivity contribution in [2.45, 2.75) is 52.2 Å². The summed E-state index contributed by atoms with van der Waals surface area (Å²) in [4.78, 5) is 37.1. The number of esters is 1. The van der Waals surface area contributed by atoms with Gasteiger partial charge in [-0.3, -0.25) is 9.78 Å². The van der Waals surface area contributed by atoms with Crippen molar-refractivity contribution >= 4 is 23.7 Å². The maximum atomic E-state index is 14.0.